The van der Waals surface area contributed by atoms with Crippen molar-refractivity contribution in [2.75, 3.05) is 0 Å². The molecule has 0 heterocycles. The first kappa shape index (κ1) is 21.2. The average Bonchev–Trinajstić information content (AvgIpc) is 2.70. The fraction of sp³-hybridized carbons (Fsp3) is 0.0909. The minimum absolute atomic E-state index is 0.210. The molecule has 3 aromatic rings. The van der Waals surface area contributed by atoms with Gasteiger partial charge in [0.15, 0.2) is 0 Å². The molecule has 0 saturated carbocycles. The van der Waals surface area contributed by atoms with Crippen molar-refractivity contribution in [1.82, 2.24) is 5.43 Å². The highest BCUT2D eigenvalue weighted by molar-refractivity contribution is 6.35. The van der Waals surface area contributed by atoms with E-state index in [1.807, 2.05) is 30.3 Å². The van der Waals surface area contributed by atoms with Gasteiger partial charge in [-0.05, 0) is 42.0 Å². The van der Waals surface area contributed by atoms with Gasteiger partial charge in [0.2, 0.25) is 5.91 Å². The van der Waals surface area contributed by atoms with Crippen molar-refractivity contribution in [2.24, 2.45) is 5.10 Å². The van der Waals surface area contributed by atoms with Gasteiger partial charge >= 0.3 is 0 Å². The Bertz CT molecular complexity index is 1020. The van der Waals surface area contributed by atoms with Crippen LogP contribution in [0.15, 0.2) is 71.8 Å². The van der Waals surface area contributed by atoms with Crippen molar-refractivity contribution in [3.63, 3.8) is 0 Å². The largest absolute Gasteiger partial charge is 0.488 e. The number of carbonyl (C=O) groups excluding carboxylic acids is 1. The van der Waals surface area contributed by atoms with Gasteiger partial charge in [-0.1, -0.05) is 65.1 Å². The van der Waals surface area contributed by atoms with E-state index in [1.54, 1.807) is 42.6 Å². The van der Waals surface area contributed by atoms with E-state index in [2.05, 4.69) is 10.5 Å². The number of hydrogen-bond donors (Lipinski definition) is 1. The smallest absolute Gasteiger partial charge is 0.244 e. The lowest BCUT2D eigenvalue weighted by Gasteiger charge is -2.10. The van der Waals surface area contributed by atoms with Gasteiger partial charge in [0, 0.05) is 26.2 Å². The molecular weight excluding hydrogens is 431 g/mol. The number of nitrogens with one attached hydrogen (secondary N) is 1. The number of nitrogens with zero attached hydrogens (tertiary/aromatic N) is 1. The van der Waals surface area contributed by atoms with Crippen LogP contribution in [0.25, 0.3) is 0 Å². The Balaban J connectivity index is 1.59. The van der Waals surface area contributed by atoms with Gasteiger partial charge in [-0.25, -0.2) is 5.43 Å². The molecule has 3 rings (SSSR count). The zero-order valence-corrected chi connectivity index (χ0v) is 17.5. The first-order chi connectivity index (χ1) is 14.0. The highest BCUT2D eigenvalue weighted by Crippen LogP contribution is 2.23. The van der Waals surface area contributed by atoms with Crippen molar-refractivity contribution < 1.29 is 9.53 Å². The van der Waals surface area contributed by atoms with Crippen LogP contribution in [0.4, 0.5) is 0 Å². The summed E-state index contributed by atoms with van der Waals surface area (Å²) in [6, 6.07) is 19.7. The van der Waals surface area contributed by atoms with E-state index in [4.69, 9.17) is 39.5 Å². The van der Waals surface area contributed by atoms with E-state index in [1.165, 1.54) is 0 Å². The zero-order chi connectivity index (χ0) is 20.6. The maximum Gasteiger partial charge on any atom is 0.244 e. The van der Waals surface area contributed by atoms with Crippen molar-refractivity contribution >= 4 is 46.9 Å². The van der Waals surface area contributed by atoms with E-state index in [0.29, 0.717) is 20.8 Å². The van der Waals surface area contributed by atoms with E-state index in [0.717, 1.165) is 16.7 Å². The van der Waals surface area contributed by atoms with Crippen LogP contribution in [0.2, 0.25) is 15.1 Å². The molecule has 0 fully saturated rings. The molecule has 3 aromatic carbocycles. The Morgan fingerprint density at radius 2 is 1.69 bits per heavy atom. The molecule has 0 aliphatic heterocycles. The van der Waals surface area contributed by atoms with Crippen molar-refractivity contribution in [1.29, 1.82) is 0 Å². The topological polar surface area (TPSA) is 50.7 Å². The van der Waals surface area contributed by atoms with Gasteiger partial charge in [-0.2, -0.15) is 5.10 Å². The molecule has 0 radical (unpaired) electrons. The predicted molar refractivity (Wildman–Crippen MR) is 118 cm³/mol. The number of rotatable bonds is 7. The summed E-state index contributed by atoms with van der Waals surface area (Å²) in [5, 5.41) is 5.76. The van der Waals surface area contributed by atoms with Crippen LogP contribution < -0.4 is 10.2 Å². The molecule has 1 amide bonds. The Morgan fingerprint density at radius 3 is 2.45 bits per heavy atom. The van der Waals surface area contributed by atoms with Gasteiger partial charge in [0.25, 0.3) is 0 Å². The number of amides is 1. The third kappa shape index (κ3) is 6.50. The maximum atomic E-state index is 12.0. The number of carbonyl (C=O) groups is 1. The lowest BCUT2D eigenvalue weighted by atomic mass is 10.1. The summed E-state index contributed by atoms with van der Waals surface area (Å²) in [4.78, 5) is 12.0. The van der Waals surface area contributed by atoms with Crippen molar-refractivity contribution in [2.45, 2.75) is 13.0 Å². The van der Waals surface area contributed by atoms with Crippen LogP contribution in [0.3, 0.4) is 0 Å². The van der Waals surface area contributed by atoms with Crippen LogP contribution in [0, 0.1) is 0 Å². The Kier molecular flexibility index (Phi) is 7.53. The molecule has 0 aromatic heterocycles. The second-order valence-electron chi connectivity index (χ2n) is 6.16. The molecule has 29 heavy (non-hydrogen) atoms. The lowest BCUT2D eigenvalue weighted by Crippen LogP contribution is -2.19. The molecule has 7 heteroatoms. The summed E-state index contributed by atoms with van der Waals surface area (Å²) in [5.74, 6) is 0.393. The van der Waals surface area contributed by atoms with Crippen LogP contribution in [0.5, 0.6) is 5.75 Å². The summed E-state index contributed by atoms with van der Waals surface area (Å²) in [6.07, 6.45) is 1.75. The lowest BCUT2D eigenvalue weighted by molar-refractivity contribution is -0.120. The number of hydrogen-bond acceptors (Lipinski definition) is 3. The summed E-state index contributed by atoms with van der Waals surface area (Å²) in [6.45, 7) is 0.282. The van der Waals surface area contributed by atoms with Crippen LogP contribution in [-0.2, 0) is 17.8 Å². The fourth-order valence-corrected chi connectivity index (χ4v) is 3.10. The minimum Gasteiger partial charge on any atom is -0.488 e. The molecule has 0 atom stereocenters. The molecule has 0 aliphatic carbocycles. The Morgan fingerprint density at radius 1 is 0.966 bits per heavy atom. The average molecular weight is 448 g/mol. The first-order valence-corrected chi connectivity index (χ1v) is 9.87. The van der Waals surface area contributed by atoms with Crippen molar-refractivity contribution in [3.05, 3.63) is 98.5 Å². The highest BCUT2D eigenvalue weighted by atomic mass is 35.5. The third-order valence-corrected chi connectivity index (χ3v) is 4.83. The molecule has 0 saturated heterocycles. The number of para-hydroxylation sites is 1. The molecule has 0 aliphatic rings. The molecule has 0 unspecified atom stereocenters. The van der Waals surface area contributed by atoms with E-state index in [9.17, 15) is 4.79 Å². The second kappa shape index (κ2) is 10.3. The number of benzene rings is 3. The SMILES string of the molecule is O=C(Cc1ccc(Cl)cc1)N/N=C\c1ccccc1OCc1ccc(Cl)cc1Cl. The van der Waals surface area contributed by atoms with Crippen LogP contribution in [-0.4, -0.2) is 12.1 Å². The number of hydrazone groups is 1. The van der Waals surface area contributed by atoms with Gasteiger partial charge in [0.1, 0.15) is 12.4 Å². The van der Waals surface area contributed by atoms with Crippen molar-refractivity contribution in [3.8, 4) is 5.75 Å². The normalized spacial score (nSPS) is 10.9. The summed E-state index contributed by atoms with van der Waals surface area (Å²) in [7, 11) is 0. The maximum absolute atomic E-state index is 12.0. The van der Waals surface area contributed by atoms with Gasteiger partial charge < -0.3 is 4.74 Å². The summed E-state index contributed by atoms with van der Waals surface area (Å²) in [5.41, 5.74) is 4.91. The third-order valence-electron chi connectivity index (χ3n) is 3.99. The molecule has 0 bridgehead atoms. The summed E-state index contributed by atoms with van der Waals surface area (Å²) >= 11 is 17.9. The molecule has 0 spiro atoms. The molecule has 1 N–H and O–H groups in total. The molecular formula is C22H17Cl3N2O2. The van der Waals surface area contributed by atoms with Gasteiger partial charge in [-0.3, -0.25) is 4.79 Å². The minimum atomic E-state index is -0.227. The predicted octanol–water partition coefficient (Wildman–Crippen LogP) is 5.92. The first-order valence-electron chi connectivity index (χ1n) is 8.73. The molecule has 148 valence electrons. The quantitative estimate of drug-likeness (QED) is 0.361. The Labute approximate surface area is 184 Å². The highest BCUT2D eigenvalue weighted by Gasteiger charge is 2.06. The van der Waals surface area contributed by atoms with Gasteiger partial charge in [0.05, 0.1) is 12.6 Å². The monoisotopic (exact) mass is 446 g/mol. The number of halogens is 3. The zero-order valence-electron chi connectivity index (χ0n) is 15.2. The van der Waals surface area contributed by atoms with Crippen LogP contribution in [0.1, 0.15) is 16.7 Å². The van der Waals surface area contributed by atoms with E-state index < -0.39 is 0 Å². The standard InChI is InChI=1S/C22H17Cl3N2O2/c23-18-8-5-15(6-9-18)11-22(28)27-26-13-16-3-1-2-4-21(16)29-14-17-7-10-19(24)12-20(17)25/h1-10,12-13H,11,14H2,(H,27,28)/b26-13-. The van der Waals surface area contributed by atoms with E-state index >= 15 is 0 Å². The van der Waals surface area contributed by atoms with Crippen LogP contribution >= 0.6 is 34.8 Å². The van der Waals surface area contributed by atoms with Gasteiger partial charge in [-0.15, -0.1) is 0 Å². The fourth-order valence-electron chi connectivity index (χ4n) is 2.51. The summed E-state index contributed by atoms with van der Waals surface area (Å²) < 4.78 is 5.86. The Hall–Kier alpha value is -2.53. The second-order valence-corrected chi connectivity index (χ2v) is 7.44. The van der Waals surface area contributed by atoms with E-state index in [-0.39, 0.29) is 18.9 Å². The number of ether oxygens (including phenoxy) is 1. The molecule has 4 nitrogen and oxygen atoms in total.